The minimum absolute atomic E-state index is 0.0526. The number of fused-ring (bicyclic) bond motifs is 1. The fourth-order valence-electron chi connectivity index (χ4n) is 3.72. The van der Waals surface area contributed by atoms with Gasteiger partial charge in [-0.3, -0.25) is 4.79 Å². The summed E-state index contributed by atoms with van der Waals surface area (Å²) in [6.45, 7) is 3.64. The van der Waals surface area contributed by atoms with Crippen LogP contribution in [0, 0.1) is 5.92 Å². The Morgan fingerprint density at radius 3 is 2.66 bits per heavy atom. The minimum atomic E-state index is -1.64. The molecule has 0 radical (unpaired) electrons. The maximum atomic E-state index is 13.4. The number of hydrogen-bond acceptors (Lipinski definition) is 9. The highest BCUT2D eigenvalue weighted by molar-refractivity contribution is 6.53. The highest BCUT2D eigenvalue weighted by Gasteiger charge is 2.53. The normalized spacial score (nSPS) is 28.3. The summed E-state index contributed by atoms with van der Waals surface area (Å²) in [7, 11) is 0. The van der Waals surface area contributed by atoms with Gasteiger partial charge in [-0.15, -0.1) is 0 Å². The first-order chi connectivity index (χ1) is 13.9. The molecule has 1 aromatic rings. The lowest BCUT2D eigenvalue weighted by atomic mass is 9.81. The molecule has 3 heterocycles. The van der Waals surface area contributed by atoms with Crippen LogP contribution in [0.25, 0.3) is 0 Å². The number of carbonyl (C=O) groups is 2. The van der Waals surface area contributed by atoms with Crippen LogP contribution in [-0.2, 0) is 9.53 Å². The Balaban J connectivity index is 1.84. The quantitative estimate of drug-likeness (QED) is 0.581. The van der Waals surface area contributed by atoms with E-state index in [1.807, 2.05) is 13.0 Å². The van der Waals surface area contributed by atoms with Crippen molar-refractivity contribution >= 4 is 41.9 Å². The van der Waals surface area contributed by atoms with Crippen molar-refractivity contribution < 1.29 is 14.3 Å². The van der Waals surface area contributed by atoms with Crippen LogP contribution in [0.3, 0.4) is 0 Å². The highest BCUT2D eigenvalue weighted by atomic mass is 16.5. The largest absolute Gasteiger partial charge is 0.413 e. The summed E-state index contributed by atoms with van der Waals surface area (Å²) < 4.78 is 4.96. The van der Waals surface area contributed by atoms with Gasteiger partial charge in [-0.2, -0.15) is 0 Å². The second-order valence-electron chi connectivity index (χ2n) is 7.19. The van der Waals surface area contributed by atoms with Crippen LogP contribution < -0.4 is 5.73 Å². The highest BCUT2D eigenvalue weighted by Crippen LogP contribution is 2.36. The van der Waals surface area contributed by atoms with Crippen molar-refractivity contribution in [1.29, 1.82) is 0 Å². The first-order valence-corrected chi connectivity index (χ1v) is 9.33. The standard InChI is InChI=1S/C20H20N6O3/c1-3-7-13(19(2)18(28)29-11-24-19)17-25-16(21)14-20(26-17,23-10-22-14)15(27)12-8-5-4-6-9-12/h4-6,8-11,13H,3,7H2,1-2H3,(H2,21,25,26). The number of nitrogens with zero attached hydrogens (tertiary/aromatic N) is 5. The van der Waals surface area contributed by atoms with Gasteiger partial charge in [0.15, 0.2) is 17.8 Å². The van der Waals surface area contributed by atoms with Crippen LogP contribution in [0.2, 0.25) is 0 Å². The molecule has 9 heteroatoms. The van der Waals surface area contributed by atoms with E-state index < -0.39 is 23.1 Å². The van der Waals surface area contributed by atoms with Crippen LogP contribution >= 0.6 is 0 Å². The molecule has 0 saturated heterocycles. The Kier molecular flexibility index (Phi) is 4.45. The number of Topliss-reactive ketones (excluding diaryl/α,β-unsaturated/α-hetero) is 1. The number of cyclic esters (lactones) is 1. The lowest BCUT2D eigenvalue weighted by Crippen LogP contribution is -2.53. The maximum Gasteiger partial charge on any atom is 0.340 e. The molecule has 2 N–H and O–H groups in total. The third-order valence-electron chi connectivity index (χ3n) is 5.33. The first-order valence-electron chi connectivity index (χ1n) is 9.33. The van der Waals surface area contributed by atoms with Crippen molar-refractivity contribution in [1.82, 2.24) is 0 Å². The molecular weight excluding hydrogens is 372 g/mol. The summed E-state index contributed by atoms with van der Waals surface area (Å²) in [5.74, 6) is -1.10. The van der Waals surface area contributed by atoms with Crippen molar-refractivity contribution in [2.75, 3.05) is 0 Å². The number of benzene rings is 1. The predicted molar refractivity (Wildman–Crippen MR) is 110 cm³/mol. The van der Waals surface area contributed by atoms with Gasteiger partial charge in [0, 0.05) is 5.56 Å². The molecule has 3 aliphatic rings. The number of nitrogens with two attached hydrogens (primary N) is 1. The van der Waals surface area contributed by atoms with Crippen molar-refractivity contribution in [3.8, 4) is 0 Å². The predicted octanol–water partition coefficient (Wildman–Crippen LogP) is 1.58. The van der Waals surface area contributed by atoms with E-state index in [0.717, 1.165) is 12.8 Å². The summed E-state index contributed by atoms with van der Waals surface area (Å²) in [4.78, 5) is 47.5. The smallest absolute Gasteiger partial charge is 0.340 e. The molecule has 0 amide bonds. The number of ketones is 1. The molecule has 4 rings (SSSR count). The first kappa shape index (κ1) is 18.9. The summed E-state index contributed by atoms with van der Waals surface area (Å²) in [5.41, 5.74) is 3.94. The Bertz CT molecular complexity index is 1030. The Labute approximate surface area is 167 Å². The Hall–Kier alpha value is -3.49. The van der Waals surface area contributed by atoms with Gasteiger partial charge in [-0.1, -0.05) is 43.7 Å². The lowest BCUT2D eigenvalue weighted by Gasteiger charge is -2.32. The molecule has 9 nitrogen and oxygen atoms in total. The number of hydrogen-bond donors (Lipinski definition) is 1. The van der Waals surface area contributed by atoms with Gasteiger partial charge in [0.05, 0.1) is 5.92 Å². The molecule has 0 bridgehead atoms. The molecule has 29 heavy (non-hydrogen) atoms. The molecule has 148 valence electrons. The van der Waals surface area contributed by atoms with Gasteiger partial charge in [-0.25, -0.2) is 29.8 Å². The van der Waals surface area contributed by atoms with E-state index >= 15 is 0 Å². The van der Waals surface area contributed by atoms with Crippen LogP contribution in [-0.4, -0.2) is 53.1 Å². The zero-order valence-electron chi connectivity index (χ0n) is 16.1. The van der Waals surface area contributed by atoms with Gasteiger partial charge in [0.2, 0.25) is 5.78 Å². The molecule has 0 aromatic heterocycles. The number of aliphatic imine (C=N–C) groups is 5. The zero-order chi connectivity index (χ0) is 20.6. The number of rotatable bonds is 6. The van der Waals surface area contributed by atoms with E-state index in [-0.39, 0.29) is 23.2 Å². The second kappa shape index (κ2) is 6.84. The molecule has 3 atom stereocenters. The molecule has 1 aromatic carbocycles. The van der Waals surface area contributed by atoms with Gasteiger partial charge in [0.25, 0.3) is 5.66 Å². The lowest BCUT2D eigenvalue weighted by molar-refractivity contribution is -0.139. The van der Waals surface area contributed by atoms with Crippen LogP contribution in [0.4, 0.5) is 0 Å². The molecule has 0 fully saturated rings. The molecule has 0 saturated carbocycles. The summed E-state index contributed by atoms with van der Waals surface area (Å²) in [5, 5.41) is 0. The third-order valence-corrected chi connectivity index (χ3v) is 5.33. The summed E-state index contributed by atoms with van der Waals surface area (Å²) in [6.07, 6.45) is 3.68. The number of carbonyl (C=O) groups excluding carboxylic acids is 2. The summed E-state index contributed by atoms with van der Waals surface area (Å²) in [6, 6.07) is 8.70. The average Bonchev–Trinajstić information content (AvgIpc) is 3.31. The van der Waals surface area contributed by atoms with Gasteiger partial charge < -0.3 is 10.5 Å². The van der Waals surface area contributed by atoms with Crippen LogP contribution in [0.15, 0.2) is 55.3 Å². The van der Waals surface area contributed by atoms with E-state index in [9.17, 15) is 9.59 Å². The van der Waals surface area contributed by atoms with Crippen molar-refractivity contribution in [2.24, 2.45) is 36.6 Å². The Morgan fingerprint density at radius 1 is 1.24 bits per heavy atom. The second-order valence-corrected chi connectivity index (χ2v) is 7.19. The summed E-state index contributed by atoms with van der Waals surface area (Å²) >= 11 is 0. The zero-order valence-corrected chi connectivity index (χ0v) is 16.1. The van der Waals surface area contributed by atoms with Crippen LogP contribution in [0.1, 0.15) is 37.0 Å². The molecule has 0 spiro atoms. The fraction of sp³-hybridized carbons (Fsp3) is 0.350. The van der Waals surface area contributed by atoms with Crippen LogP contribution in [0.5, 0.6) is 0 Å². The number of esters is 1. The number of ether oxygens (including phenoxy) is 1. The maximum absolute atomic E-state index is 13.4. The minimum Gasteiger partial charge on any atom is -0.413 e. The van der Waals surface area contributed by atoms with E-state index in [4.69, 9.17) is 10.5 Å². The van der Waals surface area contributed by atoms with Crippen molar-refractivity contribution in [3.63, 3.8) is 0 Å². The van der Waals surface area contributed by atoms with E-state index in [1.54, 1.807) is 31.2 Å². The van der Waals surface area contributed by atoms with Crippen molar-refractivity contribution in [3.05, 3.63) is 35.9 Å². The van der Waals surface area contributed by atoms with Gasteiger partial charge >= 0.3 is 5.97 Å². The van der Waals surface area contributed by atoms with E-state index in [0.29, 0.717) is 12.0 Å². The van der Waals surface area contributed by atoms with E-state index in [1.165, 1.54) is 6.34 Å². The average molecular weight is 392 g/mol. The molecule has 3 aliphatic heterocycles. The van der Waals surface area contributed by atoms with Gasteiger partial charge in [-0.05, 0) is 13.3 Å². The number of amidine groups is 2. The monoisotopic (exact) mass is 392 g/mol. The SMILES string of the molecule is CCCC(C1=NC2(C(=O)c3ccccc3)N=CN=C2C(N)=N1)C1(C)N=COC1=O. The van der Waals surface area contributed by atoms with E-state index in [2.05, 4.69) is 25.0 Å². The van der Waals surface area contributed by atoms with Gasteiger partial charge in [0.1, 0.15) is 17.9 Å². The fourth-order valence-corrected chi connectivity index (χ4v) is 3.72. The molecule has 0 aliphatic carbocycles. The van der Waals surface area contributed by atoms with Crippen molar-refractivity contribution in [2.45, 2.75) is 37.9 Å². The molecular formula is C20H20N6O3. The molecule has 3 unspecified atom stereocenters. The topological polar surface area (TPSA) is 131 Å². The third kappa shape index (κ3) is 2.81. The Morgan fingerprint density at radius 2 is 2.00 bits per heavy atom.